The highest BCUT2D eigenvalue weighted by atomic mass is 32.1. The second-order valence-electron chi connectivity index (χ2n) is 6.38. The van der Waals surface area contributed by atoms with Gasteiger partial charge in [0.2, 0.25) is 4.96 Å². The number of thiazole rings is 1. The van der Waals surface area contributed by atoms with Crippen LogP contribution in [0.5, 0.6) is 5.75 Å². The van der Waals surface area contributed by atoms with Gasteiger partial charge < -0.3 is 4.74 Å². The van der Waals surface area contributed by atoms with Gasteiger partial charge in [-0.1, -0.05) is 48.6 Å². The van der Waals surface area contributed by atoms with Crippen LogP contribution < -0.4 is 14.8 Å². The van der Waals surface area contributed by atoms with Gasteiger partial charge in [0.15, 0.2) is 5.82 Å². The van der Waals surface area contributed by atoms with E-state index in [0.29, 0.717) is 21.9 Å². The molecule has 5 nitrogen and oxygen atoms in total. The van der Waals surface area contributed by atoms with E-state index >= 15 is 0 Å². The Morgan fingerprint density at radius 2 is 1.79 bits per heavy atom. The number of fused-ring (bicyclic) bond motifs is 1. The van der Waals surface area contributed by atoms with Crippen LogP contribution in [0.3, 0.4) is 0 Å². The minimum Gasteiger partial charge on any atom is -0.494 e. The molecular weight excluding hydrogens is 389 g/mol. The Bertz CT molecular complexity index is 1260. The highest BCUT2D eigenvalue weighted by molar-refractivity contribution is 7.15. The van der Waals surface area contributed by atoms with Gasteiger partial charge >= 0.3 is 0 Å². The average molecular weight is 407 g/mol. The van der Waals surface area contributed by atoms with Crippen molar-refractivity contribution in [2.24, 2.45) is 0 Å². The Labute approximate surface area is 170 Å². The van der Waals surface area contributed by atoms with E-state index in [9.17, 15) is 9.18 Å². The molecule has 2 aromatic carbocycles. The van der Waals surface area contributed by atoms with Gasteiger partial charge in [-0.3, -0.25) is 4.79 Å². The summed E-state index contributed by atoms with van der Waals surface area (Å²) < 4.78 is 20.4. The first-order valence-electron chi connectivity index (χ1n) is 9.20. The molecule has 2 heterocycles. The van der Waals surface area contributed by atoms with Crippen LogP contribution in [0.1, 0.15) is 30.3 Å². The summed E-state index contributed by atoms with van der Waals surface area (Å²) >= 11 is 1.29. The van der Waals surface area contributed by atoms with Crippen molar-refractivity contribution in [1.29, 1.82) is 0 Å². The molecule has 0 aliphatic carbocycles. The van der Waals surface area contributed by atoms with Crippen LogP contribution in [0.2, 0.25) is 0 Å². The van der Waals surface area contributed by atoms with Gasteiger partial charge in [0.05, 0.1) is 11.1 Å². The van der Waals surface area contributed by atoms with Gasteiger partial charge in [0.1, 0.15) is 11.6 Å². The summed E-state index contributed by atoms with van der Waals surface area (Å²) in [6.07, 6.45) is 6.25. The fourth-order valence-electron chi connectivity index (χ4n) is 2.70. The summed E-state index contributed by atoms with van der Waals surface area (Å²) in [7, 11) is 0. The Morgan fingerprint density at radius 1 is 1.07 bits per heavy atom. The SMILES string of the molecule is CCCOc1ccc(/C=c2\sc3nc(/C=C/c4ccc(F)cc4)nn3c2=O)cc1. The largest absolute Gasteiger partial charge is 0.494 e. The summed E-state index contributed by atoms with van der Waals surface area (Å²) in [5, 5.41) is 4.26. The molecule has 0 N–H and O–H groups in total. The highest BCUT2D eigenvalue weighted by Gasteiger charge is 2.08. The molecule has 0 atom stereocenters. The maximum atomic E-state index is 13.0. The smallest absolute Gasteiger partial charge is 0.291 e. The molecule has 0 radical (unpaired) electrons. The van der Waals surface area contributed by atoms with E-state index in [1.54, 1.807) is 24.3 Å². The number of nitrogens with zero attached hydrogens (tertiary/aromatic N) is 3. The van der Waals surface area contributed by atoms with Crippen LogP contribution in [0.15, 0.2) is 53.3 Å². The molecule has 2 aromatic heterocycles. The van der Waals surface area contributed by atoms with Crippen LogP contribution in [-0.4, -0.2) is 21.2 Å². The molecule has 146 valence electrons. The van der Waals surface area contributed by atoms with Crippen molar-refractivity contribution in [3.63, 3.8) is 0 Å². The molecule has 0 aliphatic heterocycles. The molecule has 0 spiro atoms. The van der Waals surface area contributed by atoms with Crippen molar-refractivity contribution >= 4 is 34.5 Å². The molecule has 4 rings (SSSR count). The van der Waals surface area contributed by atoms with E-state index in [1.165, 1.54) is 28.0 Å². The third-order valence-electron chi connectivity index (χ3n) is 4.14. The second-order valence-corrected chi connectivity index (χ2v) is 7.39. The molecule has 29 heavy (non-hydrogen) atoms. The maximum absolute atomic E-state index is 13.0. The third kappa shape index (κ3) is 4.41. The first-order valence-corrected chi connectivity index (χ1v) is 10.0. The monoisotopic (exact) mass is 407 g/mol. The lowest BCUT2D eigenvalue weighted by molar-refractivity contribution is 0.317. The molecule has 0 amide bonds. The Balaban J connectivity index is 1.57. The standard InChI is InChI=1S/C22H18FN3O2S/c1-2-13-28-18-10-5-16(6-11-18)14-19-21(27)26-22(29-19)24-20(25-26)12-7-15-3-8-17(23)9-4-15/h3-12,14H,2,13H2,1H3/b12-7+,19-14-. The lowest BCUT2D eigenvalue weighted by Gasteiger charge is -2.03. The fourth-order valence-corrected chi connectivity index (χ4v) is 3.61. The van der Waals surface area contributed by atoms with Gasteiger partial charge in [0.25, 0.3) is 5.56 Å². The zero-order valence-corrected chi connectivity index (χ0v) is 16.5. The van der Waals surface area contributed by atoms with E-state index < -0.39 is 0 Å². The fraction of sp³-hybridized carbons (Fsp3) is 0.136. The molecule has 0 unspecified atom stereocenters. The van der Waals surface area contributed by atoms with Crippen molar-refractivity contribution in [2.75, 3.05) is 6.61 Å². The summed E-state index contributed by atoms with van der Waals surface area (Å²) in [5.41, 5.74) is 1.53. The molecule has 0 saturated heterocycles. The quantitative estimate of drug-likeness (QED) is 0.488. The van der Waals surface area contributed by atoms with Crippen molar-refractivity contribution in [1.82, 2.24) is 14.6 Å². The molecule has 0 bridgehead atoms. The predicted molar refractivity (Wildman–Crippen MR) is 113 cm³/mol. The molecular formula is C22H18FN3O2S. The highest BCUT2D eigenvalue weighted by Crippen LogP contribution is 2.13. The van der Waals surface area contributed by atoms with Gasteiger partial charge in [-0.05, 0) is 54.0 Å². The van der Waals surface area contributed by atoms with E-state index in [1.807, 2.05) is 30.3 Å². The number of ether oxygens (including phenoxy) is 1. The lowest BCUT2D eigenvalue weighted by Crippen LogP contribution is -2.23. The molecule has 4 aromatic rings. The van der Waals surface area contributed by atoms with E-state index in [-0.39, 0.29) is 11.4 Å². The summed E-state index contributed by atoms with van der Waals surface area (Å²) in [6, 6.07) is 13.7. The number of halogens is 1. The summed E-state index contributed by atoms with van der Waals surface area (Å²) in [5.74, 6) is 0.957. The van der Waals surface area contributed by atoms with Gasteiger partial charge in [-0.15, -0.1) is 5.10 Å². The van der Waals surface area contributed by atoms with Crippen LogP contribution in [0, 0.1) is 5.82 Å². The minimum atomic E-state index is -0.286. The topological polar surface area (TPSA) is 56.5 Å². The summed E-state index contributed by atoms with van der Waals surface area (Å²) in [6.45, 7) is 2.74. The van der Waals surface area contributed by atoms with Gasteiger partial charge in [-0.25, -0.2) is 4.39 Å². The van der Waals surface area contributed by atoms with Crippen LogP contribution in [0.25, 0.3) is 23.2 Å². The maximum Gasteiger partial charge on any atom is 0.291 e. The van der Waals surface area contributed by atoms with E-state index in [0.717, 1.165) is 23.3 Å². The number of benzene rings is 2. The third-order valence-corrected chi connectivity index (χ3v) is 5.10. The molecule has 7 heteroatoms. The average Bonchev–Trinajstić information content (AvgIpc) is 3.26. The zero-order valence-electron chi connectivity index (χ0n) is 15.7. The van der Waals surface area contributed by atoms with Crippen molar-refractivity contribution in [3.05, 3.63) is 86.2 Å². The predicted octanol–water partition coefficient (Wildman–Crippen LogP) is 3.80. The lowest BCUT2D eigenvalue weighted by atomic mass is 10.2. The van der Waals surface area contributed by atoms with Crippen LogP contribution >= 0.6 is 11.3 Å². The number of rotatable bonds is 6. The van der Waals surface area contributed by atoms with Crippen molar-refractivity contribution in [3.8, 4) is 5.75 Å². The van der Waals surface area contributed by atoms with Crippen molar-refractivity contribution in [2.45, 2.75) is 13.3 Å². The zero-order chi connectivity index (χ0) is 20.2. The van der Waals surface area contributed by atoms with Crippen LogP contribution in [-0.2, 0) is 0 Å². The first-order chi connectivity index (χ1) is 14.1. The number of hydrogen-bond donors (Lipinski definition) is 0. The molecule has 0 saturated carbocycles. The second kappa shape index (κ2) is 8.36. The first kappa shape index (κ1) is 19.0. The van der Waals surface area contributed by atoms with Gasteiger partial charge in [-0.2, -0.15) is 9.50 Å². The Kier molecular flexibility index (Phi) is 5.48. The van der Waals surface area contributed by atoms with E-state index in [4.69, 9.17) is 4.74 Å². The van der Waals surface area contributed by atoms with E-state index in [2.05, 4.69) is 17.0 Å². The molecule has 0 fully saturated rings. The normalized spacial score (nSPS) is 12.3. The summed E-state index contributed by atoms with van der Waals surface area (Å²) in [4.78, 5) is 17.5. The van der Waals surface area contributed by atoms with Gasteiger partial charge in [0, 0.05) is 0 Å². The Morgan fingerprint density at radius 3 is 2.48 bits per heavy atom. The Hall–Kier alpha value is -3.32. The number of hydrogen-bond acceptors (Lipinski definition) is 5. The molecule has 0 aliphatic rings. The number of aromatic nitrogens is 3. The minimum absolute atomic E-state index is 0.203. The van der Waals surface area contributed by atoms with Crippen LogP contribution in [0.4, 0.5) is 4.39 Å². The van der Waals surface area contributed by atoms with Crippen molar-refractivity contribution < 1.29 is 9.13 Å².